The zero-order chi connectivity index (χ0) is 12.3. The van der Waals surface area contributed by atoms with Crippen molar-refractivity contribution < 1.29 is 9.63 Å². The first-order valence-corrected chi connectivity index (χ1v) is 5.84. The minimum atomic E-state index is -0.451. The van der Waals surface area contributed by atoms with Crippen molar-refractivity contribution in [3.8, 4) is 0 Å². The van der Waals surface area contributed by atoms with E-state index in [1.54, 1.807) is 6.92 Å². The molecule has 0 spiro atoms. The van der Waals surface area contributed by atoms with Crippen LogP contribution in [0.2, 0.25) is 0 Å². The van der Waals surface area contributed by atoms with Gasteiger partial charge < -0.3 is 9.63 Å². The molecule has 1 aromatic rings. The molecule has 1 aromatic heterocycles. The number of aliphatic hydroxyl groups is 1. The Hall–Kier alpha value is -0.900. The molecule has 16 heavy (non-hydrogen) atoms. The summed E-state index contributed by atoms with van der Waals surface area (Å²) in [6.45, 7) is 10.2. The lowest BCUT2D eigenvalue weighted by Crippen LogP contribution is -2.14. The third-order valence-electron chi connectivity index (χ3n) is 2.51. The van der Waals surface area contributed by atoms with Crippen LogP contribution in [-0.4, -0.2) is 21.4 Å². The Morgan fingerprint density at radius 3 is 2.44 bits per heavy atom. The average molecular weight is 226 g/mol. The maximum atomic E-state index is 9.58. The van der Waals surface area contributed by atoms with Gasteiger partial charge in [-0.25, -0.2) is 0 Å². The quantitative estimate of drug-likeness (QED) is 0.857. The molecule has 0 aliphatic carbocycles. The van der Waals surface area contributed by atoms with E-state index in [1.807, 2.05) is 6.92 Å². The highest BCUT2D eigenvalue weighted by molar-refractivity contribution is 4.97. The number of hydrogen-bond acceptors (Lipinski definition) is 4. The molecule has 0 saturated heterocycles. The van der Waals surface area contributed by atoms with E-state index in [9.17, 15) is 5.11 Å². The van der Waals surface area contributed by atoms with E-state index in [0.29, 0.717) is 5.89 Å². The van der Waals surface area contributed by atoms with Gasteiger partial charge in [0, 0.05) is 6.42 Å². The molecule has 2 unspecified atom stereocenters. The van der Waals surface area contributed by atoms with Crippen LogP contribution in [0.1, 0.15) is 58.7 Å². The van der Waals surface area contributed by atoms with Crippen molar-refractivity contribution in [3.63, 3.8) is 0 Å². The number of rotatable bonds is 4. The molecule has 4 heteroatoms. The van der Waals surface area contributed by atoms with E-state index in [4.69, 9.17) is 4.52 Å². The van der Waals surface area contributed by atoms with Crippen molar-refractivity contribution in [2.24, 2.45) is 5.41 Å². The summed E-state index contributed by atoms with van der Waals surface area (Å²) in [4.78, 5) is 4.35. The predicted molar refractivity (Wildman–Crippen MR) is 62.2 cm³/mol. The van der Waals surface area contributed by atoms with Crippen LogP contribution in [0.3, 0.4) is 0 Å². The number of aliphatic hydroxyl groups excluding tert-OH is 1. The van der Waals surface area contributed by atoms with Gasteiger partial charge in [0.05, 0.1) is 12.0 Å². The third kappa shape index (κ3) is 3.59. The fraction of sp³-hybridized carbons (Fsp3) is 0.833. The first-order chi connectivity index (χ1) is 7.33. The molecule has 0 saturated carbocycles. The molecule has 0 fully saturated rings. The van der Waals surface area contributed by atoms with Gasteiger partial charge in [-0.15, -0.1) is 0 Å². The lowest BCUT2D eigenvalue weighted by molar-refractivity contribution is 0.141. The number of hydrogen-bond donors (Lipinski definition) is 1. The molecule has 2 atom stereocenters. The van der Waals surface area contributed by atoms with E-state index >= 15 is 0 Å². The molecule has 1 N–H and O–H groups in total. The van der Waals surface area contributed by atoms with Crippen LogP contribution < -0.4 is 0 Å². The second-order valence-electron chi connectivity index (χ2n) is 5.54. The van der Waals surface area contributed by atoms with Crippen molar-refractivity contribution >= 4 is 0 Å². The highest BCUT2D eigenvalue weighted by atomic mass is 16.5. The van der Waals surface area contributed by atoms with Crippen LogP contribution in [-0.2, 0) is 6.42 Å². The van der Waals surface area contributed by atoms with Crippen LogP contribution in [0.25, 0.3) is 0 Å². The van der Waals surface area contributed by atoms with Gasteiger partial charge in [0.15, 0.2) is 5.82 Å². The van der Waals surface area contributed by atoms with Crippen molar-refractivity contribution in [2.75, 3.05) is 0 Å². The Bertz CT molecular complexity index is 326. The molecule has 0 amide bonds. The van der Waals surface area contributed by atoms with Crippen molar-refractivity contribution in [2.45, 2.75) is 59.5 Å². The van der Waals surface area contributed by atoms with Gasteiger partial charge in [-0.1, -0.05) is 32.9 Å². The van der Waals surface area contributed by atoms with Crippen LogP contribution in [0.4, 0.5) is 0 Å². The first kappa shape index (κ1) is 13.2. The third-order valence-corrected chi connectivity index (χ3v) is 2.51. The first-order valence-electron chi connectivity index (χ1n) is 5.84. The number of nitrogens with zero attached hydrogens (tertiary/aromatic N) is 2. The van der Waals surface area contributed by atoms with Gasteiger partial charge in [0.1, 0.15) is 0 Å². The summed E-state index contributed by atoms with van der Waals surface area (Å²) in [7, 11) is 0. The monoisotopic (exact) mass is 226 g/mol. The Morgan fingerprint density at radius 1 is 1.38 bits per heavy atom. The SMILES string of the molecule is CCC(c1nc(CC(C)(C)C)no1)C(C)O. The second kappa shape index (κ2) is 4.95. The van der Waals surface area contributed by atoms with E-state index in [1.165, 1.54) is 0 Å². The summed E-state index contributed by atoms with van der Waals surface area (Å²) in [5, 5.41) is 13.5. The highest BCUT2D eigenvalue weighted by Crippen LogP contribution is 2.24. The lowest BCUT2D eigenvalue weighted by Gasteiger charge is -2.14. The molecule has 4 nitrogen and oxygen atoms in total. The zero-order valence-electron chi connectivity index (χ0n) is 10.8. The van der Waals surface area contributed by atoms with Crippen molar-refractivity contribution in [1.82, 2.24) is 10.1 Å². The predicted octanol–water partition coefficient (Wildman–Crippen LogP) is 2.53. The molecule has 0 radical (unpaired) electrons. The summed E-state index contributed by atoms with van der Waals surface area (Å²) in [5.41, 5.74) is 0.147. The van der Waals surface area contributed by atoms with E-state index in [2.05, 4.69) is 30.9 Å². The normalized spacial score (nSPS) is 16.1. The van der Waals surface area contributed by atoms with Crippen LogP contribution in [0.15, 0.2) is 4.52 Å². The number of aromatic nitrogens is 2. The molecule has 92 valence electrons. The van der Waals surface area contributed by atoms with Gasteiger partial charge in [-0.05, 0) is 18.8 Å². The van der Waals surface area contributed by atoms with Gasteiger partial charge in [-0.3, -0.25) is 0 Å². The standard InChI is InChI=1S/C12H22N2O2/c1-6-9(8(2)15)11-13-10(14-16-11)7-12(3,4)5/h8-9,15H,6-7H2,1-5H3. The molecule has 1 rings (SSSR count). The minimum Gasteiger partial charge on any atom is -0.393 e. The molecule has 0 aromatic carbocycles. The van der Waals surface area contributed by atoms with Crippen molar-refractivity contribution in [3.05, 3.63) is 11.7 Å². The summed E-state index contributed by atoms with van der Waals surface area (Å²) in [6.07, 6.45) is 1.13. The van der Waals surface area contributed by atoms with Gasteiger partial charge in [0.2, 0.25) is 5.89 Å². The van der Waals surface area contributed by atoms with Gasteiger partial charge in [0.25, 0.3) is 0 Å². The molecular formula is C12H22N2O2. The van der Waals surface area contributed by atoms with Crippen LogP contribution >= 0.6 is 0 Å². The minimum absolute atomic E-state index is 0.0544. The van der Waals surface area contributed by atoms with E-state index in [0.717, 1.165) is 18.7 Å². The second-order valence-corrected chi connectivity index (χ2v) is 5.54. The summed E-state index contributed by atoms with van der Waals surface area (Å²) in [6, 6.07) is 0. The van der Waals surface area contributed by atoms with Gasteiger partial charge in [-0.2, -0.15) is 4.98 Å². The van der Waals surface area contributed by atoms with E-state index < -0.39 is 6.10 Å². The van der Waals surface area contributed by atoms with Crippen LogP contribution in [0.5, 0.6) is 0 Å². The largest absolute Gasteiger partial charge is 0.393 e. The Kier molecular flexibility index (Phi) is 4.08. The Morgan fingerprint density at radius 2 is 2.00 bits per heavy atom. The molecule has 1 heterocycles. The smallest absolute Gasteiger partial charge is 0.232 e. The maximum Gasteiger partial charge on any atom is 0.232 e. The summed E-state index contributed by atoms with van der Waals surface area (Å²) < 4.78 is 5.20. The maximum absolute atomic E-state index is 9.58. The van der Waals surface area contributed by atoms with Crippen molar-refractivity contribution in [1.29, 1.82) is 0 Å². The molecular weight excluding hydrogens is 204 g/mol. The summed E-state index contributed by atoms with van der Waals surface area (Å²) >= 11 is 0. The van der Waals surface area contributed by atoms with E-state index in [-0.39, 0.29) is 11.3 Å². The molecule has 0 bridgehead atoms. The fourth-order valence-corrected chi connectivity index (χ4v) is 1.69. The highest BCUT2D eigenvalue weighted by Gasteiger charge is 2.23. The molecule has 0 aliphatic rings. The van der Waals surface area contributed by atoms with Gasteiger partial charge >= 0.3 is 0 Å². The van der Waals surface area contributed by atoms with Crippen LogP contribution in [0, 0.1) is 5.41 Å². The topological polar surface area (TPSA) is 59.2 Å². The fourth-order valence-electron chi connectivity index (χ4n) is 1.69. The Labute approximate surface area is 97.1 Å². The molecule has 0 aliphatic heterocycles. The Balaban J connectivity index is 2.78. The average Bonchev–Trinajstić information content (AvgIpc) is 2.50. The zero-order valence-corrected chi connectivity index (χ0v) is 10.8. The lowest BCUT2D eigenvalue weighted by atomic mass is 9.92. The summed E-state index contributed by atoms with van der Waals surface area (Å²) in [5.74, 6) is 1.22.